The van der Waals surface area contributed by atoms with E-state index in [-0.39, 0.29) is 17.1 Å². The van der Waals surface area contributed by atoms with Crippen molar-refractivity contribution in [2.75, 3.05) is 0 Å². The van der Waals surface area contributed by atoms with E-state index >= 15 is 0 Å². The topological polar surface area (TPSA) is 79.1 Å². The number of rotatable bonds is 4. The molecule has 0 amide bonds. The van der Waals surface area contributed by atoms with Crippen LogP contribution >= 0.6 is 0 Å². The van der Waals surface area contributed by atoms with E-state index in [4.69, 9.17) is 5.11 Å². The van der Waals surface area contributed by atoms with Gasteiger partial charge in [-0.2, -0.15) is 0 Å². The molecule has 0 radical (unpaired) electrons. The molecule has 0 fully saturated rings. The summed E-state index contributed by atoms with van der Waals surface area (Å²) in [6.07, 6.45) is 3.52. The molecule has 0 aromatic heterocycles. The second-order valence-electron chi connectivity index (χ2n) is 3.89. The third kappa shape index (κ3) is 3.32. The first kappa shape index (κ1) is 12.6. The van der Waals surface area contributed by atoms with Crippen LogP contribution in [0.3, 0.4) is 0 Å². The fraction of sp³-hybridized carbons (Fsp3) is 0. The van der Waals surface area contributed by atoms with E-state index in [9.17, 15) is 9.81 Å². The molecule has 0 heterocycles. The van der Waals surface area contributed by atoms with Crippen LogP contribution in [0.25, 0.3) is 12.2 Å². The largest absolute Gasteiger partial charge is 0.508 e. The van der Waals surface area contributed by atoms with Crippen LogP contribution in [0, 0.1) is 9.81 Å². The van der Waals surface area contributed by atoms with Crippen molar-refractivity contribution in [1.29, 1.82) is 0 Å². The van der Waals surface area contributed by atoms with Gasteiger partial charge in [-0.25, -0.2) is 0 Å². The summed E-state index contributed by atoms with van der Waals surface area (Å²) in [5.41, 5.74) is 1.84. The molecular weight excluding hydrogens is 244 g/mol. The van der Waals surface area contributed by atoms with Gasteiger partial charge in [0.15, 0.2) is 0 Å². The van der Waals surface area contributed by atoms with Crippen LogP contribution < -0.4 is 0 Å². The van der Waals surface area contributed by atoms with E-state index in [1.807, 2.05) is 0 Å². The normalized spacial score (nSPS) is 10.5. The lowest BCUT2D eigenvalue weighted by Crippen LogP contribution is -1.74. The first-order chi connectivity index (χ1) is 9.21. The Labute approximate surface area is 109 Å². The minimum absolute atomic E-state index is 0.155. The van der Waals surface area contributed by atoms with Gasteiger partial charge in [-0.3, -0.25) is 0 Å². The average molecular weight is 254 g/mol. The number of aromatic hydroxyl groups is 1. The molecule has 0 aliphatic rings. The lowest BCUT2D eigenvalue weighted by molar-refractivity contribution is 0.475. The van der Waals surface area contributed by atoms with Crippen molar-refractivity contribution in [1.82, 2.24) is 0 Å². The van der Waals surface area contributed by atoms with Gasteiger partial charge in [0.1, 0.15) is 17.1 Å². The maximum atomic E-state index is 10.5. The average Bonchev–Trinajstić information content (AvgIpc) is 2.46. The molecule has 0 spiro atoms. The van der Waals surface area contributed by atoms with Crippen molar-refractivity contribution in [3.8, 4) is 5.75 Å². The van der Waals surface area contributed by atoms with Crippen LogP contribution in [0.1, 0.15) is 11.1 Å². The molecule has 5 nitrogen and oxygen atoms in total. The van der Waals surface area contributed by atoms with Gasteiger partial charge in [0.05, 0.1) is 0 Å². The SMILES string of the molecule is O=Nc1cc(/C=C/c2ccc(O)cc2)cc(N=O)c1. The molecule has 0 atom stereocenters. The van der Waals surface area contributed by atoms with E-state index in [1.165, 1.54) is 6.07 Å². The maximum Gasteiger partial charge on any atom is 0.115 e. The Morgan fingerprint density at radius 1 is 0.789 bits per heavy atom. The highest BCUT2D eigenvalue weighted by molar-refractivity contribution is 5.73. The fourth-order valence-electron chi connectivity index (χ4n) is 1.60. The van der Waals surface area contributed by atoms with E-state index < -0.39 is 0 Å². The summed E-state index contributed by atoms with van der Waals surface area (Å²) in [7, 11) is 0. The Kier molecular flexibility index (Phi) is 3.78. The standard InChI is InChI=1S/C14H10N2O3/c17-14-5-3-10(4-6-14)1-2-11-7-12(15-18)9-13(8-11)16-19/h1-9,17H/b2-1+. The summed E-state index contributed by atoms with van der Waals surface area (Å²) in [5.74, 6) is 0.191. The minimum Gasteiger partial charge on any atom is -0.508 e. The molecule has 2 rings (SSSR count). The van der Waals surface area contributed by atoms with Crippen LogP contribution in [-0.4, -0.2) is 5.11 Å². The van der Waals surface area contributed by atoms with Gasteiger partial charge in [-0.15, -0.1) is 9.81 Å². The Balaban J connectivity index is 2.29. The Bertz CT molecular complexity index is 607. The van der Waals surface area contributed by atoms with Crippen LogP contribution in [0.5, 0.6) is 5.75 Å². The second-order valence-corrected chi connectivity index (χ2v) is 3.89. The van der Waals surface area contributed by atoms with Crippen molar-refractivity contribution >= 4 is 23.5 Å². The molecule has 5 heteroatoms. The number of phenolic OH excluding ortho intramolecular Hbond substituents is 1. The summed E-state index contributed by atoms with van der Waals surface area (Å²) >= 11 is 0. The summed E-state index contributed by atoms with van der Waals surface area (Å²) < 4.78 is 0. The lowest BCUT2D eigenvalue weighted by Gasteiger charge is -1.97. The summed E-state index contributed by atoms with van der Waals surface area (Å²) in [6, 6.07) is 11.1. The monoisotopic (exact) mass is 254 g/mol. The molecule has 0 aliphatic carbocycles. The second kappa shape index (κ2) is 5.68. The Morgan fingerprint density at radius 2 is 1.32 bits per heavy atom. The van der Waals surface area contributed by atoms with E-state index in [0.717, 1.165) is 5.56 Å². The van der Waals surface area contributed by atoms with Crippen LogP contribution in [-0.2, 0) is 0 Å². The zero-order chi connectivity index (χ0) is 13.7. The first-order valence-electron chi connectivity index (χ1n) is 5.50. The van der Waals surface area contributed by atoms with Gasteiger partial charge in [0.2, 0.25) is 0 Å². The van der Waals surface area contributed by atoms with Gasteiger partial charge in [-0.1, -0.05) is 24.3 Å². The molecule has 0 bridgehead atoms. The zero-order valence-corrected chi connectivity index (χ0v) is 9.85. The molecule has 0 aliphatic heterocycles. The highest BCUT2D eigenvalue weighted by Gasteiger charge is 1.99. The molecule has 94 valence electrons. The molecule has 2 aromatic rings. The minimum atomic E-state index is 0.155. The first-order valence-corrected chi connectivity index (χ1v) is 5.50. The number of nitrogens with zero attached hydrogens (tertiary/aromatic N) is 2. The lowest BCUT2D eigenvalue weighted by atomic mass is 10.1. The van der Waals surface area contributed by atoms with E-state index in [0.29, 0.717) is 5.56 Å². The number of hydrogen-bond donors (Lipinski definition) is 1. The van der Waals surface area contributed by atoms with Crippen molar-refractivity contribution in [3.05, 3.63) is 63.4 Å². The molecule has 2 aromatic carbocycles. The van der Waals surface area contributed by atoms with Crippen LogP contribution in [0.15, 0.2) is 52.8 Å². The van der Waals surface area contributed by atoms with Gasteiger partial charge in [0, 0.05) is 0 Å². The predicted molar refractivity (Wildman–Crippen MR) is 74.4 cm³/mol. The summed E-state index contributed by atoms with van der Waals surface area (Å²) in [6.45, 7) is 0. The number of benzene rings is 2. The van der Waals surface area contributed by atoms with Gasteiger partial charge in [0.25, 0.3) is 0 Å². The Hall–Kier alpha value is -2.82. The third-order valence-electron chi connectivity index (χ3n) is 2.50. The van der Waals surface area contributed by atoms with Gasteiger partial charge < -0.3 is 5.11 Å². The fourth-order valence-corrected chi connectivity index (χ4v) is 1.60. The van der Waals surface area contributed by atoms with Crippen molar-refractivity contribution in [2.24, 2.45) is 10.4 Å². The number of hydrogen-bond acceptors (Lipinski definition) is 5. The molecular formula is C14H10N2O3. The molecule has 0 saturated heterocycles. The third-order valence-corrected chi connectivity index (χ3v) is 2.50. The van der Waals surface area contributed by atoms with Crippen LogP contribution in [0.4, 0.5) is 11.4 Å². The highest BCUT2D eigenvalue weighted by atomic mass is 16.3. The Morgan fingerprint density at radius 3 is 1.84 bits per heavy atom. The van der Waals surface area contributed by atoms with Crippen LogP contribution in [0.2, 0.25) is 0 Å². The number of phenols is 1. The van der Waals surface area contributed by atoms with E-state index in [1.54, 1.807) is 48.6 Å². The molecule has 1 N–H and O–H groups in total. The smallest absolute Gasteiger partial charge is 0.115 e. The molecule has 0 saturated carbocycles. The summed E-state index contributed by atoms with van der Waals surface area (Å²) in [4.78, 5) is 21.0. The van der Waals surface area contributed by atoms with Crippen molar-refractivity contribution < 1.29 is 5.11 Å². The van der Waals surface area contributed by atoms with Crippen molar-refractivity contribution in [2.45, 2.75) is 0 Å². The number of nitroso groups, excluding NO2 is 2. The quantitative estimate of drug-likeness (QED) is 0.650. The predicted octanol–water partition coefficient (Wildman–Crippen LogP) is 4.36. The zero-order valence-electron chi connectivity index (χ0n) is 9.85. The van der Waals surface area contributed by atoms with Gasteiger partial charge in [-0.05, 0) is 51.8 Å². The maximum absolute atomic E-state index is 10.5. The van der Waals surface area contributed by atoms with E-state index in [2.05, 4.69) is 10.4 Å². The highest BCUT2D eigenvalue weighted by Crippen LogP contribution is 2.24. The molecule has 19 heavy (non-hydrogen) atoms. The van der Waals surface area contributed by atoms with Gasteiger partial charge >= 0.3 is 0 Å². The van der Waals surface area contributed by atoms with Crippen molar-refractivity contribution in [3.63, 3.8) is 0 Å². The summed E-state index contributed by atoms with van der Waals surface area (Å²) in [5, 5.41) is 14.7. The molecule has 0 unspecified atom stereocenters.